The highest BCUT2D eigenvalue weighted by Crippen LogP contribution is 2.41. The number of allylic oxidation sites excluding steroid dienone is 3. The number of fused-ring (bicyclic) bond motifs is 2. The molecule has 0 bridgehead atoms. The zero-order chi connectivity index (χ0) is 15.1. The van der Waals surface area contributed by atoms with Crippen LogP contribution in [0.4, 0.5) is 0 Å². The standard InChI is InChI=1S/C15H14N4O3/c16-15-17-6-10-11(18-15)4-8(5-12(10)19-20)9-2-1-3-13-14(9)22-7-21-13/h1-4,6,15,19-20H,5,7,16H2. The van der Waals surface area contributed by atoms with Crippen LogP contribution in [0.3, 0.4) is 0 Å². The Hall–Kier alpha value is -2.64. The molecule has 1 atom stereocenters. The van der Waals surface area contributed by atoms with Crippen LogP contribution in [0.2, 0.25) is 0 Å². The van der Waals surface area contributed by atoms with Crippen molar-refractivity contribution in [3.8, 4) is 11.5 Å². The molecule has 2 aliphatic heterocycles. The number of nitrogens with zero attached hydrogens (tertiary/aromatic N) is 2. The fraction of sp³-hybridized carbons (Fsp3) is 0.200. The topological polar surface area (TPSA) is 101 Å². The molecule has 1 unspecified atom stereocenters. The van der Waals surface area contributed by atoms with Crippen LogP contribution in [-0.2, 0) is 0 Å². The van der Waals surface area contributed by atoms with Gasteiger partial charge in [-0.3, -0.25) is 21.4 Å². The molecule has 7 heteroatoms. The molecule has 0 radical (unpaired) electrons. The average molecular weight is 298 g/mol. The van der Waals surface area contributed by atoms with Gasteiger partial charge in [-0.1, -0.05) is 12.1 Å². The SMILES string of the molecule is NC1N=CC2=C(NO)CC(c3cccc4c3OCO4)=CC2=N1. The summed E-state index contributed by atoms with van der Waals surface area (Å²) in [6.07, 6.45) is 3.47. The maximum Gasteiger partial charge on any atom is 0.231 e. The van der Waals surface area contributed by atoms with Gasteiger partial charge in [0, 0.05) is 23.8 Å². The number of hydrogen-bond acceptors (Lipinski definition) is 7. The van der Waals surface area contributed by atoms with Crippen LogP contribution in [0.5, 0.6) is 11.5 Å². The Morgan fingerprint density at radius 2 is 2.23 bits per heavy atom. The van der Waals surface area contributed by atoms with Gasteiger partial charge < -0.3 is 9.47 Å². The number of benzene rings is 1. The van der Waals surface area contributed by atoms with Crippen LogP contribution in [0.15, 0.2) is 45.5 Å². The molecule has 0 aromatic heterocycles. The predicted molar refractivity (Wildman–Crippen MR) is 81.0 cm³/mol. The van der Waals surface area contributed by atoms with Crippen molar-refractivity contribution in [1.82, 2.24) is 5.48 Å². The summed E-state index contributed by atoms with van der Waals surface area (Å²) in [5, 5.41) is 9.42. The zero-order valence-electron chi connectivity index (χ0n) is 11.6. The monoisotopic (exact) mass is 298 g/mol. The molecule has 3 aliphatic rings. The highest BCUT2D eigenvalue weighted by molar-refractivity contribution is 6.26. The third kappa shape index (κ3) is 1.99. The molecule has 0 saturated heterocycles. The van der Waals surface area contributed by atoms with Gasteiger partial charge in [0.1, 0.15) is 0 Å². The summed E-state index contributed by atoms with van der Waals surface area (Å²) in [5.41, 5.74) is 11.9. The molecule has 2 heterocycles. The second-order valence-corrected chi connectivity index (χ2v) is 5.10. The molecular weight excluding hydrogens is 284 g/mol. The summed E-state index contributed by atoms with van der Waals surface area (Å²) >= 11 is 0. The zero-order valence-corrected chi connectivity index (χ0v) is 11.6. The first-order valence-electron chi connectivity index (χ1n) is 6.86. The molecule has 1 aromatic rings. The van der Waals surface area contributed by atoms with Crippen molar-refractivity contribution in [2.45, 2.75) is 12.7 Å². The Bertz CT molecular complexity index is 764. The third-order valence-corrected chi connectivity index (χ3v) is 3.78. The first-order chi connectivity index (χ1) is 10.8. The van der Waals surface area contributed by atoms with Crippen molar-refractivity contribution in [2.75, 3.05) is 6.79 Å². The van der Waals surface area contributed by atoms with Gasteiger partial charge in [0.05, 0.1) is 11.4 Å². The van der Waals surface area contributed by atoms with Crippen molar-refractivity contribution >= 4 is 17.5 Å². The predicted octanol–water partition coefficient (Wildman–Crippen LogP) is 1.20. The van der Waals surface area contributed by atoms with Gasteiger partial charge in [-0.2, -0.15) is 0 Å². The summed E-state index contributed by atoms with van der Waals surface area (Å²) in [6, 6.07) is 5.73. The average Bonchev–Trinajstić information content (AvgIpc) is 3.01. The van der Waals surface area contributed by atoms with Crippen molar-refractivity contribution < 1.29 is 14.7 Å². The molecule has 0 saturated carbocycles. The summed E-state index contributed by atoms with van der Waals surface area (Å²) in [4.78, 5) is 8.36. The van der Waals surface area contributed by atoms with E-state index in [0.717, 1.165) is 22.5 Å². The quantitative estimate of drug-likeness (QED) is 0.712. The van der Waals surface area contributed by atoms with Crippen LogP contribution in [0.25, 0.3) is 5.57 Å². The Balaban J connectivity index is 1.80. The Labute approximate surface area is 126 Å². The number of rotatable bonds is 2. The molecule has 0 fully saturated rings. The van der Waals surface area contributed by atoms with Gasteiger partial charge in [-0.05, 0) is 17.7 Å². The van der Waals surface area contributed by atoms with E-state index in [0.29, 0.717) is 23.6 Å². The number of para-hydroxylation sites is 1. The summed E-state index contributed by atoms with van der Waals surface area (Å²) in [5.74, 6) is 1.43. The van der Waals surface area contributed by atoms with Gasteiger partial charge in [-0.25, -0.2) is 4.99 Å². The second-order valence-electron chi connectivity index (χ2n) is 5.10. The maximum absolute atomic E-state index is 9.42. The molecule has 22 heavy (non-hydrogen) atoms. The number of ether oxygens (including phenoxy) is 2. The number of nitrogens with one attached hydrogen (secondary N) is 1. The molecule has 4 rings (SSSR count). The molecule has 112 valence electrons. The lowest BCUT2D eigenvalue weighted by molar-refractivity contribution is 0.173. The van der Waals surface area contributed by atoms with Gasteiger partial charge in [0.2, 0.25) is 6.79 Å². The maximum atomic E-state index is 9.42. The van der Waals surface area contributed by atoms with Crippen molar-refractivity contribution in [3.63, 3.8) is 0 Å². The largest absolute Gasteiger partial charge is 0.454 e. The Kier molecular flexibility index (Phi) is 2.95. The summed E-state index contributed by atoms with van der Waals surface area (Å²) in [7, 11) is 0. The number of hydroxylamine groups is 1. The van der Waals surface area contributed by atoms with E-state index in [1.807, 2.05) is 24.3 Å². The highest BCUT2D eigenvalue weighted by Gasteiger charge is 2.26. The first-order valence-corrected chi connectivity index (χ1v) is 6.86. The first kappa shape index (κ1) is 13.1. The molecule has 0 spiro atoms. The number of aliphatic imine (C=N–C) groups is 2. The van der Waals surface area contributed by atoms with E-state index in [9.17, 15) is 5.21 Å². The number of nitrogens with two attached hydrogens (primary N) is 1. The lowest BCUT2D eigenvalue weighted by atomic mass is 9.90. The summed E-state index contributed by atoms with van der Waals surface area (Å²) in [6.45, 7) is 0.213. The smallest absolute Gasteiger partial charge is 0.231 e. The normalized spacial score (nSPS) is 22.2. The van der Waals surface area contributed by atoms with Crippen molar-refractivity contribution in [2.24, 2.45) is 15.7 Å². The van der Waals surface area contributed by atoms with Crippen molar-refractivity contribution in [1.29, 1.82) is 0 Å². The van der Waals surface area contributed by atoms with Gasteiger partial charge in [0.15, 0.2) is 17.8 Å². The van der Waals surface area contributed by atoms with Gasteiger partial charge in [-0.15, -0.1) is 0 Å². The van der Waals surface area contributed by atoms with E-state index in [2.05, 4.69) is 15.5 Å². The van der Waals surface area contributed by atoms with Crippen molar-refractivity contribution in [3.05, 3.63) is 41.1 Å². The van der Waals surface area contributed by atoms with Gasteiger partial charge in [0.25, 0.3) is 0 Å². The van der Waals surface area contributed by atoms with Crippen LogP contribution in [-0.4, -0.2) is 30.2 Å². The van der Waals surface area contributed by atoms with Crippen LogP contribution in [0.1, 0.15) is 12.0 Å². The molecule has 7 nitrogen and oxygen atoms in total. The Morgan fingerprint density at radius 1 is 1.32 bits per heavy atom. The fourth-order valence-electron chi connectivity index (χ4n) is 2.77. The Morgan fingerprint density at radius 3 is 3.09 bits per heavy atom. The number of hydrogen-bond donors (Lipinski definition) is 3. The molecular formula is C15H14N4O3. The van der Waals surface area contributed by atoms with E-state index in [1.165, 1.54) is 0 Å². The third-order valence-electron chi connectivity index (χ3n) is 3.78. The lowest BCUT2D eigenvalue weighted by Gasteiger charge is -2.23. The van der Waals surface area contributed by atoms with E-state index in [4.69, 9.17) is 15.2 Å². The second kappa shape index (κ2) is 4.97. The van der Waals surface area contributed by atoms with Gasteiger partial charge >= 0.3 is 0 Å². The minimum atomic E-state index is -0.615. The van der Waals surface area contributed by atoms with Crippen LogP contribution in [0, 0.1) is 0 Å². The minimum absolute atomic E-state index is 0.213. The summed E-state index contributed by atoms with van der Waals surface area (Å²) < 4.78 is 11.0. The minimum Gasteiger partial charge on any atom is -0.454 e. The fourth-order valence-corrected chi connectivity index (χ4v) is 2.77. The molecule has 1 aromatic carbocycles. The molecule has 1 aliphatic carbocycles. The molecule has 0 amide bonds. The highest BCUT2D eigenvalue weighted by atomic mass is 16.7. The van der Waals surface area contributed by atoms with Crippen LogP contribution >= 0.6 is 0 Å². The van der Waals surface area contributed by atoms with E-state index >= 15 is 0 Å². The van der Waals surface area contributed by atoms with E-state index in [1.54, 1.807) is 6.21 Å². The van der Waals surface area contributed by atoms with Crippen LogP contribution < -0.4 is 20.7 Å². The molecule has 4 N–H and O–H groups in total. The van der Waals surface area contributed by atoms with E-state index in [-0.39, 0.29) is 6.79 Å². The lowest BCUT2D eigenvalue weighted by Crippen LogP contribution is -2.27. The van der Waals surface area contributed by atoms with E-state index < -0.39 is 6.29 Å².